The molecule has 0 amide bonds. The standard InChI is InChI=1S/C10H9Cl2N3O2S/c1-4(10(16)17-2)13-7-5(11)3-6(12)8-9(7)15-18-14-8/h3-4,13H,1-2H3. The van der Waals surface area contributed by atoms with Gasteiger partial charge in [0.2, 0.25) is 0 Å². The number of nitrogens with zero attached hydrogens (tertiary/aromatic N) is 2. The Morgan fingerprint density at radius 2 is 2.06 bits per heavy atom. The quantitative estimate of drug-likeness (QED) is 0.883. The number of carbonyl (C=O) groups is 1. The largest absolute Gasteiger partial charge is 0.467 e. The van der Waals surface area contributed by atoms with E-state index in [2.05, 4.69) is 18.8 Å². The van der Waals surface area contributed by atoms with Crippen molar-refractivity contribution < 1.29 is 9.53 Å². The first-order valence-electron chi connectivity index (χ1n) is 4.99. The third kappa shape index (κ3) is 2.36. The van der Waals surface area contributed by atoms with E-state index in [9.17, 15) is 4.79 Å². The fraction of sp³-hybridized carbons (Fsp3) is 0.300. The van der Waals surface area contributed by atoms with E-state index in [4.69, 9.17) is 23.2 Å². The molecule has 0 aliphatic rings. The smallest absolute Gasteiger partial charge is 0.327 e. The normalized spacial score (nSPS) is 12.4. The third-order valence-electron chi connectivity index (χ3n) is 2.36. The highest BCUT2D eigenvalue weighted by atomic mass is 35.5. The number of ether oxygens (including phenoxy) is 1. The Morgan fingerprint density at radius 3 is 2.72 bits per heavy atom. The summed E-state index contributed by atoms with van der Waals surface area (Å²) in [4.78, 5) is 11.4. The second-order valence-corrected chi connectivity index (χ2v) is 4.91. The summed E-state index contributed by atoms with van der Waals surface area (Å²) in [6.07, 6.45) is 0. The molecule has 1 unspecified atom stereocenters. The Bertz CT molecular complexity index is 602. The molecular weight excluding hydrogens is 297 g/mol. The number of carbonyl (C=O) groups excluding carboxylic acids is 1. The van der Waals surface area contributed by atoms with Gasteiger partial charge in [-0.2, -0.15) is 8.75 Å². The molecule has 5 nitrogen and oxygen atoms in total. The molecule has 0 saturated heterocycles. The van der Waals surface area contributed by atoms with Crippen LogP contribution in [0.4, 0.5) is 5.69 Å². The zero-order valence-corrected chi connectivity index (χ0v) is 11.9. The number of rotatable bonds is 3. The second kappa shape index (κ2) is 5.26. The molecular formula is C10H9Cl2N3O2S. The Labute approximate surface area is 117 Å². The average Bonchev–Trinajstić information content (AvgIpc) is 2.82. The molecule has 1 atom stereocenters. The first-order chi connectivity index (χ1) is 8.54. The number of aromatic nitrogens is 2. The van der Waals surface area contributed by atoms with Crippen molar-refractivity contribution in [1.29, 1.82) is 0 Å². The average molecular weight is 306 g/mol. The van der Waals surface area contributed by atoms with E-state index in [1.807, 2.05) is 0 Å². The van der Waals surface area contributed by atoms with Gasteiger partial charge in [-0.3, -0.25) is 0 Å². The molecule has 0 bridgehead atoms. The molecule has 96 valence electrons. The first kappa shape index (κ1) is 13.3. The van der Waals surface area contributed by atoms with Crippen molar-refractivity contribution in [3.63, 3.8) is 0 Å². The van der Waals surface area contributed by atoms with Crippen molar-refractivity contribution in [2.24, 2.45) is 0 Å². The van der Waals surface area contributed by atoms with Crippen LogP contribution in [-0.2, 0) is 9.53 Å². The summed E-state index contributed by atoms with van der Waals surface area (Å²) in [6, 6.07) is 1.03. The van der Waals surface area contributed by atoms with Gasteiger partial charge in [0.15, 0.2) is 0 Å². The van der Waals surface area contributed by atoms with Crippen LogP contribution in [0, 0.1) is 0 Å². The molecule has 0 saturated carbocycles. The van der Waals surface area contributed by atoms with Crippen LogP contribution in [0.15, 0.2) is 6.07 Å². The maximum atomic E-state index is 11.4. The van der Waals surface area contributed by atoms with E-state index in [0.29, 0.717) is 26.8 Å². The Kier molecular flexibility index (Phi) is 3.89. The number of anilines is 1. The monoisotopic (exact) mass is 305 g/mol. The van der Waals surface area contributed by atoms with E-state index >= 15 is 0 Å². The number of nitrogens with one attached hydrogen (secondary N) is 1. The number of halogens is 2. The summed E-state index contributed by atoms with van der Waals surface area (Å²) >= 11 is 13.1. The fourth-order valence-corrected chi connectivity index (χ4v) is 2.63. The summed E-state index contributed by atoms with van der Waals surface area (Å²) in [7, 11) is 1.32. The minimum absolute atomic E-state index is 0.385. The lowest BCUT2D eigenvalue weighted by molar-refractivity contribution is -0.141. The van der Waals surface area contributed by atoms with Crippen LogP contribution >= 0.6 is 34.9 Å². The van der Waals surface area contributed by atoms with Crippen molar-refractivity contribution in [2.45, 2.75) is 13.0 Å². The highest BCUT2D eigenvalue weighted by Crippen LogP contribution is 2.35. The number of methoxy groups -OCH3 is 1. The van der Waals surface area contributed by atoms with Crippen LogP contribution in [0.25, 0.3) is 11.0 Å². The molecule has 2 aromatic rings. The van der Waals surface area contributed by atoms with Crippen molar-refractivity contribution in [3.05, 3.63) is 16.1 Å². The summed E-state index contributed by atoms with van der Waals surface area (Å²) < 4.78 is 12.8. The van der Waals surface area contributed by atoms with E-state index in [-0.39, 0.29) is 0 Å². The van der Waals surface area contributed by atoms with Crippen LogP contribution < -0.4 is 5.32 Å². The lowest BCUT2D eigenvalue weighted by atomic mass is 10.2. The van der Waals surface area contributed by atoms with Crippen LogP contribution in [0.5, 0.6) is 0 Å². The Hall–Kier alpha value is -1.11. The predicted molar refractivity (Wildman–Crippen MR) is 72.5 cm³/mol. The van der Waals surface area contributed by atoms with Crippen LogP contribution in [-0.4, -0.2) is 27.9 Å². The van der Waals surface area contributed by atoms with Crippen LogP contribution in [0.3, 0.4) is 0 Å². The lowest BCUT2D eigenvalue weighted by Crippen LogP contribution is -2.27. The minimum Gasteiger partial charge on any atom is -0.467 e. The van der Waals surface area contributed by atoms with Gasteiger partial charge < -0.3 is 10.1 Å². The maximum Gasteiger partial charge on any atom is 0.327 e. The van der Waals surface area contributed by atoms with Gasteiger partial charge in [-0.1, -0.05) is 23.2 Å². The summed E-state index contributed by atoms with van der Waals surface area (Å²) in [6.45, 7) is 1.67. The van der Waals surface area contributed by atoms with Gasteiger partial charge in [0.25, 0.3) is 0 Å². The van der Waals surface area contributed by atoms with E-state index in [1.54, 1.807) is 13.0 Å². The summed E-state index contributed by atoms with van der Waals surface area (Å²) in [5.41, 5.74) is 1.64. The predicted octanol–water partition coefficient (Wildman–Crippen LogP) is 2.97. The van der Waals surface area contributed by atoms with Gasteiger partial charge >= 0.3 is 5.97 Å². The molecule has 0 fully saturated rings. The Morgan fingerprint density at radius 1 is 1.39 bits per heavy atom. The molecule has 8 heteroatoms. The number of hydrogen-bond acceptors (Lipinski definition) is 6. The SMILES string of the molecule is COC(=O)C(C)Nc1c(Cl)cc(Cl)c2nsnc12. The molecule has 0 aliphatic heterocycles. The molecule has 1 heterocycles. The van der Waals surface area contributed by atoms with E-state index in [0.717, 1.165) is 11.7 Å². The van der Waals surface area contributed by atoms with Gasteiger partial charge in [0, 0.05) is 0 Å². The molecule has 1 aromatic heterocycles. The highest BCUT2D eigenvalue weighted by Gasteiger charge is 2.19. The van der Waals surface area contributed by atoms with Crippen LogP contribution in [0.1, 0.15) is 6.92 Å². The lowest BCUT2D eigenvalue weighted by Gasteiger charge is -2.14. The zero-order valence-electron chi connectivity index (χ0n) is 9.53. The second-order valence-electron chi connectivity index (χ2n) is 3.57. The van der Waals surface area contributed by atoms with Crippen molar-refractivity contribution in [3.8, 4) is 0 Å². The molecule has 0 spiro atoms. The topological polar surface area (TPSA) is 64.1 Å². The molecule has 1 N–H and O–H groups in total. The molecule has 1 aromatic carbocycles. The number of hydrogen-bond donors (Lipinski definition) is 1. The van der Waals surface area contributed by atoms with Gasteiger partial charge in [0.05, 0.1) is 34.6 Å². The summed E-state index contributed by atoms with van der Waals surface area (Å²) in [5, 5.41) is 3.77. The molecule has 0 aliphatic carbocycles. The van der Waals surface area contributed by atoms with Crippen molar-refractivity contribution in [2.75, 3.05) is 12.4 Å². The van der Waals surface area contributed by atoms with Gasteiger partial charge in [-0.15, -0.1) is 0 Å². The number of esters is 1. The summed E-state index contributed by atoms with van der Waals surface area (Å²) in [5.74, 6) is -0.391. The third-order valence-corrected chi connectivity index (χ3v) is 3.47. The van der Waals surface area contributed by atoms with Gasteiger partial charge in [-0.05, 0) is 13.0 Å². The Balaban J connectivity index is 2.44. The maximum absolute atomic E-state index is 11.4. The van der Waals surface area contributed by atoms with Crippen molar-refractivity contribution >= 4 is 57.6 Å². The van der Waals surface area contributed by atoms with E-state index < -0.39 is 12.0 Å². The molecule has 2 rings (SSSR count). The van der Waals surface area contributed by atoms with E-state index in [1.165, 1.54) is 7.11 Å². The van der Waals surface area contributed by atoms with Crippen molar-refractivity contribution in [1.82, 2.24) is 8.75 Å². The molecule has 0 radical (unpaired) electrons. The van der Waals surface area contributed by atoms with Gasteiger partial charge in [-0.25, -0.2) is 4.79 Å². The fourth-order valence-electron chi connectivity index (χ4n) is 1.46. The zero-order chi connectivity index (χ0) is 13.3. The van der Waals surface area contributed by atoms with Crippen LogP contribution in [0.2, 0.25) is 10.0 Å². The molecule has 18 heavy (non-hydrogen) atoms. The van der Waals surface area contributed by atoms with Gasteiger partial charge in [0.1, 0.15) is 17.1 Å². The minimum atomic E-state index is -0.543. The highest BCUT2D eigenvalue weighted by molar-refractivity contribution is 7.00. The number of benzene rings is 1. The first-order valence-corrected chi connectivity index (χ1v) is 6.48. The number of fused-ring (bicyclic) bond motifs is 1.